The summed E-state index contributed by atoms with van der Waals surface area (Å²) >= 11 is 0. The molecule has 1 amide bonds. The summed E-state index contributed by atoms with van der Waals surface area (Å²) in [6.45, 7) is 0. The molecule has 2 aromatic rings. The van der Waals surface area contributed by atoms with Crippen LogP contribution in [-0.2, 0) is 11.2 Å². The Balaban J connectivity index is 2.06. The zero-order valence-electron chi connectivity index (χ0n) is 12.4. The molecule has 0 spiro atoms. The Kier molecular flexibility index (Phi) is 5.45. The van der Waals surface area contributed by atoms with Crippen molar-refractivity contribution in [2.75, 3.05) is 0 Å². The average Bonchev–Trinajstić information content (AvgIpc) is 2.55. The first-order chi connectivity index (χ1) is 11.5. The third kappa shape index (κ3) is 4.54. The molecule has 0 saturated heterocycles. The third-order valence-corrected chi connectivity index (χ3v) is 3.14. The number of nitrogens with zero attached hydrogens (tertiary/aromatic N) is 1. The fourth-order valence-electron chi connectivity index (χ4n) is 2.02. The SMILES string of the molecule is O=C(N[C@@H](Cc1ccccc1)C(=O)O)Oc1ccccc1[N+](=O)[O-]. The predicted molar refractivity (Wildman–Crippen MR) is 83.8 cm³/mol. The van der Waals surface area contributed by atoms with Gasteiger partial charge in [0.15, 0.2) is 0 Å². The van der Waals surface area contributed by atoms with Crippen molar-refractivity contribution in [3.63, 3.8) is 0 Å². The zero-order chi connectivity index (χ0) is 17.5. The van der Waals surface area contributed by atoms with Crippen LogP contribution < -0.4 is 10.1 Å². The molecule has 2 aromatic carbocycles. The molecule has 0 saturated carbocycles. The maximum Gasteiger partial charge on any atom is 0.413 e. The number of rotatable bonds is 6. The number of para-hydroxylation sites is 2. The number of benzene rings is 2. The Hall–Kier alpha value is -3.42. The topological polar surface area (TPSA) is 119 Å². The van der Waals surface area contributed by atoms with Crippen LogP contribution in [0.2, 0.25) is 0 Å². The molecule has 0 aliphatic carbocycles. The zero-order valence-corrected chi connectivity index (χ0v) is 12.4. The van der Waals surface area contributed by atoms with E-state index in [0.29, 0.717) is 0 Å². The Bertz CT molecular complexity index is 747. The molecule has 0 fully saturated rings. The molecule has 0 bridgehead atoms. The summed E-state index contributed by atoms with van der Waals surface area (Å²) in [7, 11) is 0. The lowest BCUT2D eigenvalue weighted by molar-refractivity contribution is -0.385. The van der Waals surface area contributed by atoms with Gasteiger partial charge in [-0.3, -0.25) is 10.1 Å². The highest BCUT2D eigenvalue weighted by molar-refractivity contribution is 5.81. The monoisotopic (exact) mass is 330 g/mol. The van der Waals surface area contributed by atoms with Gasteiger partial charge in [0, 0.05) is 12.5 Å². The van der Waals surface area contributed by atoms with E-state index in [4.69, 9.17) is 4.74 Å². The Morgan fingerprint density at radius 2 is 1.75 bits per heavy atom. The number of hydrogen-bond donors (Lipinski definition) is 2. The van der Waals surface area contributed by atoms with Gasteiger partial charge in [-0.2, -0.15) is 0 Å². The number of carboxylic acid groups (broad SMARTS) is 1. The number of carboxylic acids is 1. The summed E-state index contributed by atoms with van der Waals surface area (Å²) in [5, 5.41) is 22.3. The second-order valence-corrected chi connectivity index (χ2v) is 4.84. The number of aliphatic carboxylic acids is 1. The number of hydrogen-bond acceptors (Lipinski definition) is 5. The van der Waals surface area contributed by atoms with E-state index in [1.54, 1.807) is 30.3 Å². The summed E-state index contributed by atoms with van der Waals surface area (Å²) < 4.78 is 4.87. The molecular weight excluding hydrogens is 316 g/mol. The minimum absolute atomic E-state index is 0.0577. The van der Waals surface area contributed by atoms with Crippen molar-refractivity contribution in [1.82, 2.24) is 5.32 Å². The Morgan fingerprint density at radius 3 is 2.38 bits per heavy atom. The van der Waals surface area contributed by atoms with E-state index in [1.807, 2.05) is 0 Å². The first-order valence-electron chi connectivity index (χ1n) is 6.96. The molecule has 0 aliphatic rings. The van der Waals surface area contributed by atoms with Gasteiger partial charge in [-0.1, -0.05) is 42.5 Å². The fraction of sp³-hybridized carbons (Fsp3) is 0.125. The fourth-order valence-corrected chi connectivity index (χ4v) is 2.02. The average molecular weight is 330 g/mol. The summed E-state index contributed by atoms with van der Waals surface area (Å²) in [5.41, 5.74) is 0.332. The molecular formula is C16H14N2O6. The highest BCUT2D eigenvalue weighted by Crippen LogP contribution is 2.25. The maximum absolute atomic E-state index is 11.9. The van der Waals surface area contributed by atoms with Crippen LogP contribution in [-0.4, -0.2) is 28.1 Å². The van der Waals surface area contributed by atoms with Crippen LogP contribution in [0.25, 0.3) is 0 Å². The van der Waals surface area contributed by atoms with Crippen molar-refractivity contribution in [3.8, 4) is 5.75 Å². The highest BCUT2D eigenvalue weighted by Gasteiger charge is 2.23. The summed E-state index contributed by atoms with van der Waals surface area (Å²) in [5.74, 6) is -1.50. The molecule has 0 unspecified atom stereocenters. The van der Waals surface area contributed by atoms with E-state index in [-0.39, 0.29) is 17.9 Å². The minimum atomic E-state index is -1.24. The molecule has 8 nitrogen and oxygen atoms in total. The number of ether oxygens (including phenoxy) is 1. The number of nitro benzene ring substituents is 1. The van der Waals surface area contributed by atoms with Crippen LogP contribution in [0, 0.1) is 10.1 Å². The molecule has 2 rings (SSSR count). The Morgan fingerprint density at radius 1 is 1.12 bits per heavy atom. The van der Waals surface area contributed by atoms with Crippen LogP contribution in [0.15, 0.2) is 54.6 Å². The number of carbonyl (C=O) groups is 2. The van der Waals surface area contributed by atoms with E-state index >= 15 is 0 Å². The van der Waals surface area contributed by atoms with Gasteiger partial charge < -0.3 is 15.2 Å². The van der Waals surface area contributed by atoms with E-state index in [2.05, 4.69) is 5.32 Å². The highest BCUT2D eigenvalue weighted by atomic mass is 16.6. The lowest BCUT2D eigenvalue weighted by Gasteiger charge is -2.14. The van der Waals surface area contributed by atoms with Gasteiger partial charge in [0.2, 0.25) is 5.75 Å². The summed E-state index contributed by atoms with van der Waals surface area (Å²) in [6.07, 6.45) is -1.02. The molecule has 0 aliphatic heterocycles. The first-order valence-corrected chi connectivity index (χ1v) is 6.96. The van der Waals surface area contributed by atoms with E-state index in [0.717, 1.165) is 5.56 Å². The number of carbonyl (C=O) groups excluding carboxylic acids is 1. The molecule has 24 heavy (non-hydrogen) atoms. The lowest BCUT2D eigenvalue weighted by Crippen LogP contribution is -2.43. The van der Waals surface area contributed by atoms with E-state index < -0.39 is 23.0 Å². The first kappa shape index (κ1) is 16.9. The normalized spacial score (nSPS) is 11.3. The number of nitrogens with one attached hydrogen (secondary N) is 1. The van der Waals surface area contributed by atoms with Gasteiger partial charge in [0.1, 0.15) is 6.04 Å². The van der Waals surface area contributed by atoms with Gasteiger partial charge in [-0.05, 0) is 11.6 Å². The van der Waals surface area contributed by atoms with Crippen molar-refractivity contribution < 1.29 is 24.4 Å². The van der Waals surface area contributed by atoms with Crippen LogP contribution in [0.3, 0.4) is 0 Å². The van der Waals surface area contributed by atoms with Gasteiger partial charge in [0.25, 0.3) is 0 Å². The van der Waals surface area contributed by atoms with Crippen molar-refractivity contribution >= 4 is 17.7 Å². The van der Waals surface area contributed by atoms with Crippen molar-refractivity contribution in [2.24, 2.45) is 0 Å². The third-order valence-electron chi connectivity index (χ3n) is 3.14. The lowest BCUT2D eigenvalue weighted by atomic mass is 10.1. The maximum atomic E-state index is 11.9. The number of nitro groups is 1. The largest absolute Gasteiger partial charge is 0.480 e. The van der Waals surface area contributed by atoms with Crippen molar-refractivity contribution in [2.45, 2.75) is 12.5 Å². The smallest absolute Gasteiger partial charge is 0.413 e. The van der Waals surface area contributed by atoms with Crippen LogP contribution in [0.1, 0.15) is 5.56 Å². The minimum Gasteiger partial charge on any atom is -0.480 e. The summed E-state index contributed by atoms with van der Waals surface area (Å²) in [6, 6.07) is 12.9. The van der Waals surface area contributed by atoms with E-state index in [1.165, 1.54) is 24.3 Å². The van der Waals surface area contributed by atoms with Crippen LogP contribution in [0.4, 0.5) is 10.5 Å². The van der Waals surface area contributed by atoms with Crippen molar-refractivity contribution in [1.29, 1.82) is 0 Å². The molecule has 0 aromatic heterocycles. The molecule has 1 atom stereocenters. The van der Waals surface area contributed by atoms with Gasteiger partial charge in [-0.25, -0.2) is 9.59 Å². The molecule has 0 radical (unpaired) electrons. The Labute approximate surface area is 136 Å². The molecule has 8 heteroatoms. The summed E-state index contributed by atoms with van der Waals surface area (Å²) in [4.78, 5) is 33.3. The van der Waals surface area contributed by atoms with Gasteiger partial charge >= 0.3 is 17.7 Å². The van der Waals surface area contributed by atoms with Gasteiger partial charge in [0.05, 0.1) is 4.92 Å². The van der Waals surface area contributed by atoms with Crippen LogP contribution in [0.5, 0.6) is 5.75 Å². The quantitative estimate of drug-likeness (QED) is 0.620. The predicted octanol–water partition coefficient (Wildman–Crippen LogP) is 2.38. The van der Waals surface area contributed by atoms with E-state index in [9.17, 15) is 24.8 Å². The van der Waals surface area contributed by atoms with Crippen LogP contribution >= 0.6 is 0 Å². The standard InChI is InChI=1S/C16H14N2O6/c19-15(20)12(10-11-6-2-1-3-7-11)17-16(21)24-14-9-5-4-8-13(14)18(22)23/h1-9,12H,10H2,(H,17,21)(H,19,20)/t12-/m0/s1. The molecule has 2 N–H and O–H groups in total. The number of amides is 1. The second-order valence-electron chi connectivity index (χ2n) is 4.84. The van der Waals surface area contributed by atoms with Crippen molar-refractivity contribution in [3.05, 3.63) is 70.3 Å². The molecule has 124 valence electrons. The molecule has 0 heterocycles. The second kappa shape index (κ2) is 7.73. The van der Waals surface area contributed by atoms with Gasteiger partial charge in [-0.15, -0.1) is 0 Å².